The Bertz CT molecular complexity index is 885. The zero-order valence-electron chi connectivity index (χ0n) is 12.2. The van der Waals surface area contributed by atoms with Crippen LogP contribution < -0.4 is 14.8 Å². The van der Waals surface area contributed by atoms with Crippen LogP contribution in [0.15, 0.2) is 35.2 Å². The zero-order chi connectivity index (χ0) is 16.8. The first-order chi connectivity index (χ1) is 10.8. The van der Waals surface area contributed by atoms with Crippen molar-refractivity contribution >= 4 is 21.4 Å². The molecule has 0 spiro atoms. The Morgan fingerprint density at radius 2 is 1.91 bits per heavy atom. The van der Waals surface area contributed by atoms with E-state index in [4.69, 9.17) is 10.5 Å². The number of hydrogen-bond donors (Lipinski definition) is 1. The largest absolute Gasteiger partial charge is 0.486 e. The van der Waals surface area contributed by atoms with Gasteiger partial charge in [-0.2, -0.15) is 0 Å². The fourth-order valence-electron chi connectivity index (χ4n) is 2.43. The van der Waals surface area contributed by atoms with Crippen molar-refractivity contribution in [1.82, 2.24) is 0 Å². The number of halogens is 2. The number of rotatable bonds is 2. The molecule has 0 aliphatic carbocycles. The molecule has 1 aliphatic rings. The molecular formula is C15H14F2N2O3S. The van der Waals surface area contributed by atoms with Crippen molar-refractivity contribution in [2.24, 2.45) is 0 Å². The Labute approximate surface area is 132 Å². The van der Waals surface area contributed by atoms with Crippen molar-refractivity contribution < 1.29 is 21.9 Å². The molecule has 2 aromatic rings. The van der Waals surface area contributed by atoms with Gasteiger partial charge >= 0.3 is 0 Å². The van der Waals surface area contributed by atoms with E-state index in [0.29, 0.717) is 0 Å². The van der Waals surface area contributed by atoms with Gasteiger partial charge in [-0.3, -0.25) is 4.31 Å². The third-order valence-corrected chi connectivity index (χ3v) is 5.38. The highest BCUT2D eigenvalue weighted by atomic mass is 32.2. The van der Waals surface area contributed by atoms with Crippen LogP contribution in [0.5, 0.6) is 5.75 Å². The SMILES string of the molecule is Cc1cc(S(=O)(=O)N2CCOc3c(F)cc(N)cc32)ccc1F. The lowest BCUT2D eigenvalue weighted by molar-refractivity contribution is 0.299. The van der Waals surface area contributed by atoms with Gasteiger partial charge in [-0.15, -0.1) is 0 Å². The maximum absolute atomic E-state index is 13.9. The number of nitrogens with zero attached hydrogens (tertiary/aromatic N) is 1. The minimum atomic E-state index is -3.98. The summed E-state index contributed by atoms with van der Waals surface area (Å²) >= 11 is 0. The molecule has 0 atom stereocenters. The minimum Gasteiger partial charge on any atom is -0.486 e. The summed E-state index contributed by atoms with van der Waals surface area (Å²) in [5.41, 5.74) is 5.93. The number of sulfonamides is 1. The maximum Gasteiger partial charge on any atom is 0.264 e. The van der Waals surface area contributed by atoms with Crippen molar-refractivity contribution in [3.05, 3.63) is 47.5 Å². The van der Waals surface area contributed by atoms with E-state index < -0.39 is 21.7 Å². The number of nitrogens with two attached hydrogens (primary N) is 1. The number of benzene rings is 2. The highest BCUT2D eigenvalue weighted by Gasteiger charge is 2.32. The molecule has 122 valence electrons. The van der Waals surface area contributed by atoms with Crippen LogP contribution in [0.4, 0.5) is 20.2 Å². The van der Waals surface area contributed by atoms with E-state index in [9.17, 15) is 17.2 Å². The lowest BCUT2D eigenvalue weighted by atomic mass is 10.2. The first kappa shape index (κ1) is 15.5. The molecule has 0 saturated carbocycles. The summed E-state index contributed by atoms with van der Waals surface area (Å²) in [5.74, 6) is -1.38. The van der Waals surface area contributed by atoms with E-state index in [1.165, 1.54) is 25.1 Å². The summed E-state index contributed by atoms with van der Waals surface area (Å²) in [5, 5.41) is 0. The number of hydrogen-bond acceptors (Lipinski definition) is 4. The Hall–Kier alpha value is -2.35. The second kappa shape index (κ2) is 5.38. The predicted molar refractivity (Wildman–Crippen MR) is 82.0 cm³/mol. The second-order valence-corrected chi connectivity index (χ2v) is 7.05. The molecule has 0 amide bonds. The van der Waals surface area contributed by atoms with Gasteiger partial charge in [0.25, 0.3) is 10.0 Å². The molecule has 0 bridgehead atoms. The van der Waals surface area contributed by atoms with E-state index in [1.807, 2.05) is 0 Å². The average molecular weight is 340 g/mol. The van der Waals surface area contributed by atoms with E-state index in [0.717, 1.165) is 16.4 Å². The molecule has 0 unspecified atom stereocenters. The molecule has 0 radical (unpaired) electrons. The van der Waals surface area contributed by atoms with Crippen LogP contribution in [0.3, 0.4) is 0 Å². The van der Waals surface area contributed by atoms with Crippen molar-refractivity contribution in [1.29, 1.82) is 0 Å². The van der Waals surface area contributed by atoms with Crippen LogP contribution in [0, 0.1) is 18.6 Å². The fourth-order valence-corrected chi connectivity index (χ4v) is 3.96. The fraction of sp³-hybridized carbons (Fsp3) is 0.200. The van der Waals surface area contributed by atoms with E-state index in [2.05, 4.69) is 0 Å². The van der Waals surface area contributed by atoms with E-state index >= 15 is 0 Å². The molecule has 1 aliphatic heterocycles. The topological polar surface area (TPSA) is 72.6 Å². The smallest absolute Gasteiger partial charge is 0.264 e. The molecule has 2 aromatic carbocycles. The third kappa shape index (κ3) is 2.59. The van der Waals surface area contributed by atoms with Gasteiger partial charge in [-0.1, -0.05) is 0 Å². The Kier molecular flexibility index (Phi) is 3.63. The second-order valence-electron chi connectivity index (χ2n) is 5.19. The van der Waals surface area contributed by atoms with Gasteiger partial charge in [0, 0.05) is 11.8 Å². The Morgan fingerprint density at radius 1 is 1.17 bits per heavy atom. The molecule has 0 aromatic heterocycles. The van der Waals surface area contributed by atoms with Gasteiger partial charge in [0.2, 0.25) is 0 Å². The minimum absolute atomic E-state index is 0.00719. The van der Waals surface area contributed by atoms with Gasteiger partial charge in [0.05, 0.1) is 17.1 Å². The lowest BCUT2D eigenvalue weighted by Crippen LogP contribution is -2.38. The average Bonchev–Trinajstić information content (AvgIpc) is 2.49. The van der Waals surface area contributed by atoms with Gasteiger partial charge < -0.3 is 10.5 Å². The summed E-state index contributed by atoms with van der Waals surface area (Å²) in [7, 11) is -3.98. The van der Waals surface area contributed by atoms with Gasteiger partial charge in [0.1, 0.15) is 12.4 Å². The van der Waals surface area contributed by atoms with Crippen molar-refractivity contribution in [2.45, 2.75) is 11.8 Å². The number of aryl methyl sites for hydroxylation is 1. The summed E-state index contributed by atoms with van der Waals surface area (Å²) in [6.07, 6.45) is 0. The lowest BCUT2D eigenvalue weighted by Gasteiger charge is -2.31. The van der Waals surface area contributed by atoms with Gasteiger partial charge in [0.15, 0.2) is 11.6 Å². The van der Waals surface area contributed by atoms with Crippen LogP contribution in [-0.4, -0.2) is 21.6 Å². The molecule has 0 fully saturated rings. The van der Waals surface area contributed by atoms with Gasteiger partial charge in [-0.25, -0.2) is 17.2 Å². The molecule has 0 saturated heterocycles. The molecular weight excluding hydrogens is 326 g/mol. The predicted octanol–water partition coefficient (Wildman–Crippen LogP) is 2.44. The van der Waals surface area contributed by atoms with E-state index in [-0.39, 0.29) is 40.7 Å². The molecule has 3 rings (SSSR count). The van der Waals surface area contributed by atoms with Crippen molar-refractivity contribution in [2.75, 3.05) is 23.2 Å². The molecule has 5 nitrogen and oxygen atoms in total. The van der Waals surface area contributed by atoms with Crippen LogP contribution in [0.1, 0.15) is 5.56 Å². The standard InChI is InChI=1S/C15H14F2N2O3S/c1-9-6-11(2-3-12(9)16)23(20,21)19-4-5-22-15-13(17)7-10(18)8-14(15)19/h2-3,6-8H,4-5,18H2,1H3. The number of anilines is 2. The monoisotopic (exact) mass is 340 g/mol. The Morgan fingerprint density at radius 3 is 2.61 bits per heavy atom. The van der Waals surface area contributed by atoms with Crippen LogP contribution in [-0.2, 0) is 10.0 Å². The van der Waals surface area contributed by atoms with Crippen molar-refractivity contribution in [3.8, 4) is 5.75 Å². The van der Waals surface area contributed by atoms with Crippen LogP contribution >= 0.6 is 0 Å². The number of ether oxygens (including phenoxy) is 1. The van der Waals surface area contributed by atoms with Crippen LogP contribution in [0.25, 0.3) is 0 Å². The summed E-state index contributed by atoms with van der Waals surface area (Å²) < 4.78 is 59.2. The molecule has 1 heterocycles. The zero-order valence-corrected chi connectivity index (χ0v) is 13.0. The number of nitrogen functional groups attached to an aromatic ring is 1. The van der Waals surface area contributed by atoms with Crippen LogP contribution in [0.2, 0.25) is 0 Å². The van der Waals surface area contributed by atoms with Crippen molar-refractivity contribution in [3.63, 3.8) is 0 Å². The molecule has 23 heavy (non-hydrogen) atoms. The number of fused-ring (bicyclic) bond motifs is 1. The summed E-state index contributed by atoms with van der Waals surface area (Å²) in [4.78, 5) is -0.0768. The summed E-state index contributed by atoms with van der Waals surface area (Å²) in [6.45, 7) is 1.49. The third-order valence-electron chi connectivity index (χ3n) is 3.57. The first-order valence-electron chi connectivity index (χ1n) is 6.81. The maximum atomic E-state index is 13.9. The van der Waals surface area contributed by atoms with E-state index in [1.54, 1.807) is 0 Å². The summed E-state index contributed by atoms with van der Waals surface area (Å²) in [6, 6.07) is 5.91. The highest BCUT2D eigenvalue weighted by Crippen LogP contribution is 2.39. The first-order valence-corrected chi connectivity index (χ1v) is 8.25. The normalized spacial score (nSPS) is 14.3. The molecule has 2 N–H and O–H groups in total. The Balaban J connectivity index is 2.14. The molecule has 8 heteroatoms. The highest BCUT2D eigenvalue weighted by molar-refractivity contribution is 7.92. The van der Waals surface area contributed by atoms with Gasteiger partial charge in [-0.05, 0) is 36.8 Å². The quantitative estimate of drug-likeness (QED) is 0.853.